The van der Waals surface area contributed by atoms with Crippen molar-refractivity contribution in [3.8, 4) is 0 Å². The predicted molar refractivity (Wildman–Crippen MR) is 95.7 cm³/mol. The van der Waals surface area contributed by atoms with Crippen molar-refractivity contribution in [3.05, 3.63) is 0 Å². The van der Waals surface area contributed by atoms with E-state index >= 15 is 0 Å². The van der Waals surface area contributed by atoms with Crippen molar-refractivity contribution < 1.29 is 14.5 Å². The Morgan fingerprint density at radius 2 is 1.04 bits per heavy atom. The molecule has 2 saturated heterocycles. The van der Waals surface area contributed by atoms with Crippen molar-refractivity contribution in [1.82, 2.24) is 10.1 Å². The van der Waals surface area contributed by atoms with E-state index in [4.69, 9.17) is 16.4 Å². The molecule has 0 spiro atoms. The number of primary amides is 2. The molecule has 0 aromatic carbocycles. The summed E-state index contributed by atoms with van der Waals surface area (Å²) in [5.74, 6) is -1.27. The lowest BCUT2D eigenvalue weighted by molar-refractivity contribution is -0.410. The highest BCUT2D eigenvalue weighted by Gasteiger charge is 2.60. The Hall–Kier alpha value is -1.18. The zero-order valence-electron chi connectivity index (χ0n) is 16.8. The number of hydroxylamine groups is 4. The monoisotopic (exact) mass is 354 g/mol. The fraction of sp³-hybridized carbons (Fsp3) is 0.889. The largest absolute Gasteiger partial charge is 0.369 e. The third kappa shape index (κ3) is 3.06. The van der Waals surface area contributed by atoms with Crippen LogP contribution in [0.15, 0.2) is 0 Å². The first-order chi connectivity index (χ1) is 11.0. The quantitative estimate of drug-likeness (QED) is 0.798. The third-order valence-electron chi connectivity index (χ3n) is 6.11. The van der Waals surface area contributed by atoms with Gasteiger partial charge in [0.15, 0.2) is 0 Å². The van der Waals surface area contributed by atoms with Crippen LogP contribution in [0, 0.1) is 11.8 Å². The van der Waals surface area contributed by atoms with Gasteiger partial charge in [0, 0.05) is 11.1 Å². The standard InChI is InChI=1S/C18H34N4O3/c1-15(2)9-11(13(19)23)17(5,6)21(15)25-22-16(3,4)10-12(14(20)24)18(22,7)8/h11-12H,9-10H2,1-8H3,(H2,19,23)(H2,20,24). The number of nitrogens with zero attached hydrogens (tertiary/aromatic N) is 2. The van der Waals surface area contributed by atoms with Gasteiger partial charge in [0.2, 0.25) is 11.8 Å². The molecule has 0 saturated carbocycles. The average molecular weight is 354 g/mol. The Balaban J connectivity index is 2.40. The van der Waals surface area contributed by atoms with Crippen molar-refractivity contribution >= 4 is 11.8 Å². The van der Waals surface area contributed by atoms with E-state index < -0.39 is 11.1 Å². The zero-order valence-corrected chi connectivity index (χ0v) is 16.8. The molecule has 2 aliphatic heterocycles. The summed E-state index contributed by atoms with van der Waals surface area (Å²) < 4.78 is 0. The summed E-state index contributed by atoms with van der Waals surface area (Å²) in [6.07, 6.45) is 1.23. The van der Waals surface area contributed by atoms with E-state index in [0.717, 1.165) is 0 Å². The van der Waals surface area contributed by atoms with Crippen LogP contribution < -0.4 is 11.5 Å². The maximum absolute atomic E-state index is 11.9. The molecule has 7 nitrogen and oxygen atoms in total. The van der Waals surface area contributed by atoms with Crippen LogP contribution in [-0.4, -0.2) is 44.1 Å². The Morgan fingerprint density at radius 3 is 1.24 bits per heavy atom. The SMILES string of the molecule is CC1(C)CC(C(N)=O)C(C)(C)N1ON1C(C)(C)CC(C(N)=O)C1(C)C. The summed E-state index contributed by atoms with van der Waals surface area (Å²) in [7, 11) is 0. The van der Waals surface area contributed by atoms with E-state index in [0.29, 0.717) is 12.8 Å². The van der Waals surface area contributed by atoms with Gasteiger partial charge < -0.3 is 11.5 Å². The first kappa shape index (κ1) is 20.1. The number of hydrogen-bond donors (Lipinski definition) is 2. The second kappa shape index (κ2) is 5.66. The molecule has 2 fully saturated rings. The summed E-state index contributed by atoms with van der Waals surface area (Å²) in [4.78, 5) is 30.3. The lowest BCUT2D eigenvalue weighted by Gasteiger charge is -2.48. The van der Waals surface area contributed by atoms with Gasteiger partial charge in [0.25, 0.3) is 0 Å². The summed E-state index contributed by atoms with van der Waals surface area (Å²) in [6.45, 7) is 16.0. The average Bonchev–Trinajstić information content (AvgIpc) is 2.70. The fourth-order valence-corrected chi connectivity index (χ4v) is 4.92. The number of rotatable bonds is 4. The van der Waals surface area contributed by atoms with Gasteiger partial charge in [-0.3, -0.25) is 9.59 Å². The summed E-state index contributed by atoms with van der Waals surface area (Å²) in [5, 5.41) is 3.75. The third-order valence-corrected chi connectivity index (χ3v) is 6.11. The van der Waals surface area contributed by atoms with Crippen LogP contribution in [0.25, 0.3) is 0 Å². The van der Waals surface area contributed by atoms with E-state index in [2.05, 4.69) is 0 Å². The Kier molecular flexibility index (Phi) is 4.56. The van der Waals surface area contributed by atoms with Crippen molar-refractivity contribution in [2.75, 3.05) is 0 Å². The summed E-state index contributed by atoms with van der Waals surface area (Å²) in [5.41, 5.74) is 9.40. The highest BCUT2D eigenvalue weighted by Crippen LogP contribution is 2.50. The Labute approximate surface area is 150 Å². The van der Waals surface area contributed by atoms with Crippen molar-refractivity contribution in [2.45, 2.75) is 90.4 Å². The van der Waals surface area contributed by atoms with Crippen LogP contribution in [-0.2, 0) is 14.5 Å². The molecule has 2 amide bonds. The second-order valence-corrected chi connectivity index (χ2v) is 9.92. The molecule has 7 heteroatoms. The van der Waals surface area contributed by atoms with Crippen LogP contribution in [0.4, 0.5) is 0 Å². The smallest absolute Gasteiger partial charge is 0.222 e. The minimum Gasteiger partial charge on any atom is -0.369 e. The molecule has 2 aliphatic rings. The number of hydrogen-bond acceptors (Lipinski definition) is 5. The topological polar surface area (TPSA) is 102 Å². The lowest BCUT2D eigenvalue weighted by Crippen LogP contribution is -2.60. The van der Waals surface area contributed by atoms with Crippen molar-refractivity contribution in [1.29, 1.82) is 0 Å². The van der Waals surface area contributed by atoms with Gasteiger partial charge in [-0.25, -0.2) is 4.94 Å². The second-order valence-electron chi connectivity index (χ2n) is 9.92. The number of nitrogens with two attached hydrogens (primary N) is 2. The molecule has 0 aromatic rings. The molecular formula is C18H34N4O3. The molecule has 0 radical (unpaired) electrons. The van der Waals surface area contributed by atoms with E-state index in [1.807, 2.05) is 65.5 Å². The molecule has 0 bridgehead atoms. The predicted octanol–water partition coefficient (Wildman–Crippen LogP) is 1.56. The minimum absolute atomic E-state index is 0.316. The minimum atomic E-state index is -0.563. The normalized spacial score (nSPS) is 33.4. The zero-order chi connectivity index (χ0) is 19.6. The lowest BCUT2D eigenvalue weighted by atomic mass is 9.86. The fourth-order valence-electron chi connectivity index (χ4n) is 4.92. The van der Waals surface area contributed by atoms with Gasteiger partial charge in [-0.2, -0.15) is 10.1 Å². The van der Waals surface area contributed by atoms with Gasteiger partial charge in [-0.05, 0) is 68.2 Å². The number of carbonyl (C=O) groups is 2. The number of carbonyl (C=O) groups excluding carboxylic acids is 2. The van der Waals surface area contributed by atoms with Gasteiger partial charge in [-0.1, -0.05) is 0 Å². The molecule has 2 rings (SSSR count). The molecular weight excluding hydrogens is 320 g/mol. The molecule has 25 heavy (non-hydrogen) atoms. The molecule has 2 unspecified atom stereocenters. The first-order valence-electron chi connectivity index (χ1n) is 8.92. The van der Waals surface area contributed by atoms with Crippen LogP contribution in [0.2, 0.25) is 0 Å². The number of amides is 2. The van der Waals surface area contributed by atoms with Crippen LogP contribution in [0.1, 0.15) is 68.2 Å². The maximum atomic E-state index is 11.9. The molecule has 0 aromatic heterocycles. The van der Waals surface area contributed by atoms with Gasteiger partial charge in [0.05, 0.1) is 22.9 Å². The highest BCUT2D eigenvalue weighted by atomic mass is 16.8. The van der Waals surface area contributed by atoms with E-state index in [1.165, 1.54) is 0 Å². The highest BCUT2D eigenvalue weighted by molar-refractivity contribution is 5.79. The molecule has 4 N–H and O–H groups in total. The van der Waals surface area contributed by atoms with E-state index in [1.54, 1.807) is 0 Å². The van der Waals surface area contributed by atoms with Crippen LogP contribution in [0.3, 0.4) is 0 Å². The van der Waals surface area contributed by atoms with Crippen molar-refractivity contribution in [2.24, 2.45) is 23.3 Å². The Morgan fingerprint density at radius 1 is 0.760 bits per heavy atom. The Bertz CT molecular complexity index is 533. The molecule has 144 valence electrons. The molecule has 0 aliphatic carbocycles. The van der Waals surface area contributed by atoms with E-state index in [-0.39, 0.29) is 34.7 Å². The molecule has 2 heterocycles. The van der Waals surface area contributed by atoms with E-state index in [9.17, 15) is 9.59 Å². The van der Waals surface area contributed by atoms with Gasteiger partial charge in [0.1, 0.15) is 0 Å². The summed E-state index contributed by atoms with van der Waals surface area (Å²) >= 11 is 0. The van der Waals surface area contributed by atoms with Crippen molar-refractivity contribution in [3.63, 3.8) is 0 Å². The van der Waals surface area contributed by atoms with Gasteiger partial charge >= 0.3 is 0 Å². The van der Waals surface area contributed by atoms with Crippen LogP contribution in [0.5, 0.6) is 0 Å². The van der Waals surface area contributed by atoms with Crippen LogP contribution >= 0.6 is 0 Å². The molecule has 2 atom stereocenters. The summed E-state index contributed by atoms with van der Waals surface area (Å²) in [6, 6.07) is 0. The maximum Gasteiger partial charge on any atom is 0.222 e. The first-order valence-corrected chi connectivity index (χ1v) is 8.92. The van der Waals surface area contributed by atoms with Gasteiger partial charge in [-0.15, -0.1) is 0 Å².